The molecule has 0 saturated heterocycles. The van der Waals surface area contributed by atoms with Gasteiger partial charge in [-0.3, -0.25) is 9.80 Å². The molecule has 0 bridgehead atoms. The lowest BCUT2D eigenvalue weighted by molar-refractivity contribution is 0.0981. The molecule has 4 rings (SSSR count). The predicted molar refractivity (Wildman–Crippen MR) is 140 cm³/mol. The van der Waals surface area contributed by atoms with Crippen LogP contribution in [0.5, 0.6) is 0 Å². The summed E-state index contributed by atoms with van der Waals surface area (Å²) in [5.41, 5.74) is 5.31. The Morgan fingerprint density at radius 1 is 0.559 bits per heavy atom. The molecule has 3 heteroatoms. The first-order valence-electron chi connectivity index (χ1n) is 11.8. The van der Waals surface area contributed by atoms with Crippen LogP contribution < -0.4 is 0 Å². The van der Waals surface area contributed by atoms with Crippen LogP contribution in [0, 0.1) is 0 Å². The van der Waals surface area contributed by atoms with Crippen LogP contribution in [0.15, 0.2) is 126 Å². The molecule has 0 unspecified atom stereocenters. The monoisotopic (exact) mass is 446 g/mol. The third-order valence-electron chi connectivity index (χ3n) is 5.70. The maximum atomic E-state index is 12.6. The van der Waals surface area contributed by atoms with Gasteiger partial charge in [0, 0.05) is 12.0 Å². The zero-order valence-electron chi connectivity index (χ0n) is 19.4. The molecule has 0 fully saturated rings. The summed E-state index contributed by atoms with van der Waals surface area (Å²) in [4.78, 5) is 12.6. The van der Waals surface area contributed by atoms with Crippen molar-refractivity contribution >= 4 is 11.5 Å². The number of hydrogen-bond acceptors (Lipinski definition) is 3. The normalized spacial score (nSPS) is 11.2. The average Bonchev–Trinajstić information content (AvgIpc) is 2.90. The van der Waals surface area contributed by atoms with Crippen LogP contribution >= 0.6 is 0 Å². The Balaban J connectivity index is 1.55. The minimum Gasteiger partial charge on any atom is -0.294 e. The van der Waals surface area contributed by atoms with Gasteiger partial charge < -0.3 is 0 Å². The van der Waals surface area contributed by atoms with Crippen molar-refractivity contribution in [2.24, 2.45) is 5.10 Å². The van der Waals surface area contributed by atoms with Gasteiger partial charge >= 0.3 is 0 Å². The third-order valence-corrected chi connectivity index (χ3v) is 5.70. The van der Waals surface area contributed by atoms with E-state index < -0.39 is 0 Å². The molecule has 0 saturated carbocycles. The van der Waals surface area contributed by atoms with Crippen molar-refractivity contribution in [1.82, 2.24) is 5.01 Å². The fourth-order valence-electron chi connectivity index (χ4n) is 3.95. The molecule has 0 spiro atoms. The molecule has 34 heavy (non-hydrogen) atoms. The molecule has 0 atom stereocenters. The van der Waals surface area contributed by atoms with Crippen LogP contribution in [-0.4, -0.2) is 16.5 Å². The molecule has 0 aromatic heterocycles. The molecule has 4 aromatic carbocycles. The van der Waals surface area contributed by atoms with Gasteiger partial charge in [0.15, 0.2) is 5.78 Å². The quantitative estimate of drug-likeness (QED) is 0.139. The van der Waals surface area contributed by atoms with Crippen LogP contribution in [0.3, 0.4) is 0 Å². The molecule has 0 radical (unpaired) electrons. The van der Waals surface area contributed by atoms with Gasteiger partial charge in [-0.25, -0.2) is 0 Å². The first kappa shape index (κ1) is 23.2. The van der Waals surface area contributed by atoms with Crippen LogP contribution in [0.4, 0.5) is 0 Å². The lowest BCUT2D eigenvalue weighted by atomic mass is 10.0. The van der Waals surface area contributed by atoms with E-state index in [0.717, 1.165) is 42.8 Å². The molecule has 4 aromatic rings. The number of ketones is 1. The van der Waals surface area contributed by atoms with Gasteiger partial charge in [-0.1, -0.05) is 121 Å². The Morgan fingerprint density at radius 3 is 1.50 bits per heavy atom. The maximum absolute atomic E-state index is 12.6. The Bertz CT molecular complexity index is 1130. The summed E-state index contributed by atoms with van der Waals surface area (Å²) >= 11 is 0. The molecule has 0 heterocycles. The van der Waals surface area contributed by atoms with Gasteiger partial charge in [-0.2, -0.15) is 5.10 Å². The van der Waals surface area contributed by atoms with E-state index >= 15 is 0 Å². The third kappa shape index (κ3) is 7.01. The van der Waals surface area contributed by atoms with Crippen LogP contribution in [0.25, 0.3) is 0 Å². The Morgan fingerprint density at radius 2 is 1.00 bits per heavy atom. The summed E-state index contributed by atoms with van der Waals surface area (Å²) in [5.74, 6) is 0.179. The molecule has 0 aliphatic heterocycles. The van der Waals surface area contributed by atoms with Gasteiger partial charge in [-0.05, 0) is 29.5 Å². The van der Waals surface area contributed by atoms with Crippen LogP contribution in [0.2, 0.25) is 0 Å². The fourth-order valence-corrected chi connectivity index (χ4v) is 3.95. The summed E-state index contributed by atoms with van der Waals surface area (Å²) in [6, 6.07) is 40.7. The number of rotatable bonds is 11. The molecular formula is C31H30N2O. The van der Waals surface area contributed by atoms with Crippen LogP contribution in [-0.2, 0) is 13.1 Å². The van der Waals surface area contributed by atoms with Crippen LogP contribution in [0.1, 0.15) is 46.3 Å². The molecule has 0 N–H and O–H groups in total. The first-order valence-corrected chi connectivity index (χ1v) is 11.8. The van der Waals surface area contributed by atoms with Crippen molar-refractivity contribution in [3.05, 3.63) is 144 Å². The average molecular weight is 447 g/mol. The van der Waals surface area contributed by atoms with E-state index in [1.807, 2.05) is 60.7 Å². The van der Waals surface area contributed by atoms with Crippen molar-refractivity contribution in [3.63, 3.8) is 0 Å². The molecule has 3 nitrogen and oxygen atoms in total. The van der Waals surface area contributed by atoms with E-state index in [1.165, 1.54) is 11.1 Å². The molecule has 0 aliphatic carbocycles. The van der Waals surface area contributed by atoms with Crippen molar-refractivity contribution in [2.75, 3.05) is 0 Å². The van der Waals surface area contributed by atoms with Crippen molar-refractivity contribution < 1.29 is 4.79 Å². The molecule has 0 amide bonds. The van der Waals surface area contributed by atoms with E-state index in [1.54, 1.807) is 0 Å². The topological polar surface area (TPSA) is 32.7 Å². The van der Waals surface area contributed by atoms with Gasteiger partial charge in [0.1, 0.15) is 0 Å². The largest absolute Gasteiger partial charge is 0.294 e. The summed E-state index contributed by atoms with van der Waals surface area (Å²) in [7, 11) is 0. The number of carbonyl (C=O) groups excluding carboxylic acids is 1. The smallest absolute Gasteiger partial charge is 0.162 e. The fraction of sp³-hybridized carbons (Fsp3) is 0.161. The highest BCUT2D eigenvalue weighted by atomic mass is 16.1. The van der Waals surface area contributed by atoms with Crippen molar-refractivity contribution in [3.8, 4) is 0 Å². The second-order valence-electron chi connectivity index (χ2n) is 8.35. The van der Waals surface area contributed by atoms with E-state index in [-0.39, 0.29) is 5.78 Å². The Labute approximate surface area is 202 Å². The maximum Gasteiger partial charge on any atom is 0.162 e. The standard InChI is InChI=1S/C31H30N2O/c34-31(29-20-11-4-12-21-29)23-13-22-30(28-18-9-3-10-19-28)32-33(24-26-14-5-1-6-15-26)25-27-16-7-2-8-17-27/h1-12,14-21H,13,22-25H2. The minimum atomic E-state index is 0.179. The highest BCUT2D eigenvalue weighted by Gasteiger charge is 2.11. The lowest BCUT2D eigenvalue weighted by Crippen LogP contribution is -2.20. The summed E-state index contributed by atoms with van der Waals surface area (Å²) in [5, 5.41) is 7.28. The van der Waals surface area contributed by atoms with E-state index in [4.69, 9.17) is 5.10 Å². The number of benzene rings is 4. The zero-order chi connectivity index (χ0) is 23.4. The molecular weight excluding hydrogens is 416 g/mol. The van der Waals surface area contributed by atoms with E-state index in [2.05, 4.69) is 65.7 Å². The summed E-state index contributed by atoms with van der Waals surface area (Å²) in [6.07, 6.45) is 2.00. The number of carbonyl (C=O) groups is 1. The van der Waals surface area contributed by atoms with Gasteiger partial charge in [0.05, 0.1) is 18.8 Å². The number of hydrogen-bond donors (Lipinski definition) is 0. The molecule has 170 valence electrons. The van der Waals surface area contributed by atoms with E-state index in [0.29, 0.717) is 6.42 Å². The number of hydrazone groups is 1. The van der Waals surface area contributed by atoms with Gasteiger partial charge in [-0.15, -0.1) is 0 Å². The zero-order valence-corrected chi connectivity index (χ0v) is 19.4. The first-order chi connectivity index (χ1) is 16.8. The second kappa shape index (κ2) is 12.3. The minimum absolute atomic E-state index is 0.179. The summed E-state index contributed by atoms with van der Waals surface area (Å²) < 4.78 is 0. The lowest BCUT2D eigenvalue weighted by Gasteiger charge is -2.22. The predicted octanol–water partition coefficient (Wildman–Crippen LogP) is 7.15. The highest BCUT2D eigenvalue weighted by Crippen LogP contribution is 2.16. The Kier molecular flexibility index (Phi) is 8.40. The second-order valence-corrected chi connectivity index (χ2v) is 8.35. The molecule has 0 aliphatic rings. The van der Waals surface area contributed by atoms with Gasteiger partial charge in [0.25, 0.3) is 0 Å². The summed E-state index contributed by atoms with van der Waals surface area (Å²) in [6.45, 7) is 1.43. The number of nitrogens with zero attached hydrogens (tertiary/aromatic N) is 2. The number of Topliss-reactive ketones (excluding diaryl/α,β-unsaturated/α-hetero) is 1. The van der Waals surface area contributed by atoms with Crippen molar-refractivity contribution in [1.29, 1.82) is 0 Å². The highest BCUT2D eigenvalue weighted by molar-refractivity contribution is 6.01. The Hall–Kier alpha value is -3.98. The SMILES string of the molecule is O=C(CCCC(=NN(Cc1ccccc1)Cc1ccccc1)c1ccccc1)c1ccccc1. The van der Waals surface area contributed by atoms with Gasteiger partial charge in [0.2, 0.25) is 0 Å². The van der Waals surface area contributed by atoms with Crippen molar-refractivity contribution in [2.45, 2.75) is 32.4 Å². The van der Waals surface area contributed by atoms with E-state index in [9.17, 15) is 4.79 Å².